The Labute approximate surface area is 67.8 Å². The molecule has 1 aliphatic rings. The molecule has 11 heavy (non-hydrogen) atoms. The van der Waals surface area contributed by atoms with Crippen molar-refractivity contribution in [2.75, 3.05) is 0 Å². The second-order valence-electron chi connectivity index (χ2n) is 3.15. The maximum Gasteiger partial charge on any atom is 0.142 e. The molecular weight excluding hydrogens is 136 g/mol. The first-order valence-corrected chi connectivity index (χ1v) is 4.14. The number of carbonyl (C=O) groups excluding carboxylic acids is 1. The molecule has 0 saturated carbocycles. The molecule has 60 valence electrons. The van der Waals surface area contributed by atoms with Gasteiger partial charge in [-0.1, -0.05) is 24.6 Å². The summed E-state index contributed by atoms with van der Waals surface area (Å²) < 4.78 is 0. The lowest BCUT2D eigenvalue weighted by molar-refractivity contribution is -0.104. The maximum atomic E-state index is 10.00. The molecular formula is C10H14O. The first-order valence-electron chi connectivity index (χ1n) is 4.14. The van der Waals surface area contributed by atoms with Crippen LogP contribution in [-0.2, 0) is 4.79 Å². The molecule has 0 spiro atoms. The molecule has 0 aromatic carbocycles. The lowest BCUT2D eigenvalue weighted by atomic mass is 9.91. The largest absolute Gasteiger partial charge is 0.299 e. The Kier molecular flexibility index (Phi) is 3.09. The van der Waals surface area contributed by atoms with Crippen LogP contribution in [0.2, 0.25) is 0 Å². The van der Waals surface area contributed by atoms with Crippen LogP contribution in [0.5, 0.6) is 0 Å². The van der Waals surface area contributed by atoms with E-state index in [2.05, 4.69) is 13.0 Å². The van der Waals surface area contributed by atoms with Gasteiger partial charge in [0.05, 0.1) is 0 Å². The predicted molar refractivity (Wildman–Crippen MR) is 46.3 cm³/mol. The standard InChI is InChI=1S/C10H14O/c1-9-4-6-10(7-5-9)3-2-8-11/h2-3,6,8-9H,4-5,7H2,1H3/b3-2+. The van der Waals surface area contributed by atoms with Crippen molar-refractivity contribution in [3.8, 4) is 0 Å². The molecule has 0 aromatic heterocycles. The summed E-state index contributed by atoms with van der Waals surface area (Å²) in [7, 11) is 0. The van der Waals surface area contributed by atoms with Crippen LogP contribution in [0.15, 0.2) is 23.8 Å². The normalized spacial score (nSPS) is 25.2. The van der Waals surface area contributed by atoms with Gasteiger partial charge in [-0.2, -0.15) is 0 Å². The molecule has 0 aromatic rings. The Bertz CT molecular complexity index is 189. The topological polar surface area (TPSA) is 17.1 Å². The van der Waals surface area contributed by atoms with Gasteiger partial charge in [0.15, 0.2) is 0 Å². The van der Waals surface area contributed by atoms with Gasteiger partial charge in [0.2, 0.25) is 0 Å². The summed E-state index contributed by atoms with van der Waals surface area (Å²) in [4.78, 5) is 10.00. The molecule has 0 aliphatic heterocycles. The van der Waals surface area contributed by atoms with Crippen molar-refractivity contribution < 1.29 is 4.79 Å². The van der Waals surface area contributed by atoms with Crippen LogP contribution in [0.25, 0.3) is 0 Å². The van der Waals surface area contributed by atoms with Gasteiger partial charge in [-0.3, -0.25) is 4.79 Å². The first kappa shape index (κ1) is 8.25. The fourth-order valence-corrected chi connectivity index (χ4v) is 1.30. The van der Waals surface area contributed by atoms with Gasteiger partial charge in [0.25, 0.3) is 0 Å². The van der Waals surface area contributed by atoms with Crippen molar-refractivity contribution in [3.63, 3.8) is 0 Å². The highest BCUT2D eigenvalue weighted by molar-refractivity contribution is 5.65. The van der Waals surface area contributed by atoms with E-state index >= 15 is 0 Å². The second-order valence-corrected chi connectivity index (χ2v) is 3.15. The number of aldehydes is 1. The number of allylic oxidation sites excluding steroid dienone is 4. The molecule has 0 saturated heterocycles. The third-order valence-corrected chi connectivity index (χ3v) is 2.10. The molecule has 0 N–H and O–H groups in total. The van der Waals surface area contributed by atoms with Crippen LogP contribution in [0.4, 0.5) is 0 Å². The van der Waals surface area contributed by atoms with Gasteiger partial charge in [0.1, 0.15) is 6.29 Å². The molecule has 0 radical (unpaired) electrons. The van der Waals surface area contributed by atoms with E-state index in [1.807, 2.05) is 6.08 Å². The van der Waals surface area contributed by atoms with E-state index in [0.29, 0.717) is 0 Å². The van der Waals surface area contributed by atoms with Crippen LogP contribution in [-0.4, -0.2) is 6.29 Å². The van der Waals surface area contributed by atoms with E-state index < -0.39 is 0 Å². The molecule has 0 amide bonds. The van der Waals surface area contributed by atoms with Gasteiger partial charge >= 0.3 is 0 Å². The summed E-state index contributed by atoms with van der Waals surface area (Å²) in [5, 5.41) is 0. The van der Waals surface area contributed by atoms with Crippen LogP contribution in [0.1, 0.15) is 26.2 Å². The lowest BCUT2D eigenvalue weighted by Gasteiger charge is -2.15. The third-order valence-electron chi connectivity index (χ3n) is 2.10. The van der Waals surface area contributed by atoms with Crippen molar-refractivity contribution in [3.05, 3.63) is 23.8 Å². The molecule has 1 nitrogen and oxygen atoms in total. The third kappa shape index (κ3) is 2.71. The Balaban J connectivity index is 2.47. The number of hydrogen-bond donors (Lipinski definition) is 0. The molecule has 1 atom stereocenters. The Morgan fingerprint density at radius 3 is 3.00 bits per heavy atom. The van der Waals surface area contributed by atoms with Crippen LogP contribution in [0.3, 0.4) is 0 Å². The monoisotopic (exact) mass is 150 g/mol. The van der Waals surface area contributed by atoms with E-state index in [0.717, 1.165) is 18.6 Å². The van der Waals surface area contributed by atoms with Gasteiger partial charge < -0.3 is 0 Å². The fraction of sp³-hybridized carbons (Fsp3) is 0.500. The van der Waals surface area contributed by atoms with Crippen LogP contribution < -0.4 is 0 Å². The van der Waals surface area contributed by atoms with Gasteiger partial charge in [0, 0.05) is 0 Å². The molecule has 1 unspecified atom stereocenters. The minimum absolute atomic E-state index is 0.823. The van der Waals surface area contributed by atoms with Crippen molar-refractivity contribution >= 4 is 6.29 Å². The molecule has 0 fully saturated rings. The molecule has 1 aliphatic carbocycles. The summed E-state index contributed by atoms with van der Waals surface area (Å²) in [6, 6.07) is 0. The van der Waals surface area contributed by atoms with Crippen molar-refractivity contribution in [1.82, 2.24) is 0 Å². The number of carbonyl (C=O) groups is 1. The fourth-order valence-electron chi connectivity index (χ4n) is 1.30. The Morgan fingerprint density at radius 2 is 2.45 bits per heavy atom. The highest BCUT2D eigenvalue weighted by Gasteiger charge is 2.06. The zero-order chi connectivity index (χ0) is 8.10. The lowest BCUT2D eigenvalue weighted by Crippen LogP contribution is -1.99. The smallest absolute Gasteiger partial charge is 0.142 e. The van der Waals surface area contributed by atoms with E-state index in [9.17, 15) is 4.79 Å². The average Bonchev–Trinajstić information content (AvgIpc) is 2.04. The van der Waals surface area contributed by atoms with Crippen molar-refractivity contribution in [2.24, 2.45) is 5.92 Å². The van der Waals surface area contributed by atoms with Crippen molar-refractivity contribution in [2.45, 2.75) is 26.2 Å². The van der Waals surface area contributed by atoms with E-state index in [1.165, 1.54) is 18.4 Å². The zero-order valence-corrected chi connectivity index (χ0v) is 6.92. The first-order chi connectivity index (χ1) is 5.33. The maximum absolute atomic E-state index is 10.00. The average molecular weight is 150 g/mol. The summed E-state index contributed by atoms with van der Waals surface area (Å²) in [6.07, 6.45) is 10.1. The molecule has 1 rings (SSSR count). The number of rotatable bonds is 2. The summed E-state index contributed by atoms with van der Waals surface area (Å²) in [5.41, 5.74) is 1.32. The minimum Gasteiger partial charge on any atom is -0.299 e. The summed E-state index contributed by atoms with van der Waals surface area (Å²) >= 11 is 0. The highest BCUT2D eigenvalue weighted by atomic mass is 16.1. The minimum atomic E-state index is 0.823. The number of hydrogen-bond acceptors (Lipinski definition) is 1. The Hall–Kier alpha value is -0.850. The second kappa shape index (κ2) is 4.12. The van der Waals surface area contributed by atoms with Gasteiger partial charge in [-0.15, -0.1) is 0 Å². The molecule has 1 heteroatoms. The van der Waals surface area contributed by atoms with Crippen LogP contribution in [0, 0.1) is 5.92 Å². The summed E-state index contributed by atoms with van der Waals surface area (Å²) in [5.74, 6) is 0.823. The van der Waals surface area contributed by atoms with E-state index in [4.69, 9.17) is 0 Å². The highest BCUT2D eigenvalue weighted by Crippen LogP contribution is 2.23. The zero-order valence-electron chi connectivity index (χ0n) is 6.92. The molecule has 0 heterocycles. The Morgan fingerprint density at radius 1 is 1.64 bits per heavy atom. The van der Waals surface area contributed by atoms with Gasteiger partial charge in [-0.25, -0.2) is 0 Å². The van der Waals surface area contributed by atoms with Crippen molar-refractivity contribution in [1.29, 1.82) is 0 Å². The summed E-state index contributed by atoms with van der Waals surface area (Å²) in [6.45, 7) is 2.26. The predicted octanol–water partition coefficient (Wildman–Crippen LogP) is 2.49. The van der Waals surface area contributed by atoms with Gasteiger partial charge in [-0.05, 0) is 31.3 Å². The SMILES string of the molecule is CC1CC=C(/C=C/C=O)CC1. The van der Waals surface area contributed by atoms with E-state index in [1.54, 1.807) is 6.08 Å². The van der Waals surface area contributed by atoms with Crippen LogP contribution >= 0.6 is 0 Å². The van der Waals surface area contributed by atoms with E-state index in [-0.39, 0.29) is 0 Å². The molecule has 0 bridgehead atoms. The quantitative estimate of drug-likeness (QED) is 0.436.